The minimum absolute atomic E-state index is 0.165. The van der Waals surface area contributed by atoms with Crippen LogP contribution < -0.4 is 5.73 Å². The van der Waals surface area contributed by atoms with Gasteiger partial charge in [0.25, 0.3) is 0 Å². The summed E-state index contributed by atoms with van der Waals surface area (Å²) in [5.74, 6) is 0. The first-order chi connectivity index (χ1) is 14.8. The number of hydrogen-bond donors (Lipinski definition) is 7. The van der Waals surface area contributed by atoms with Crippen LogP contribution in [0.4, 0.5) is 0 Å². The summed E-state index contributed by atoms with van der Waals surface area (Å²) in [5.41, 5.74) is 6.94. The first-order valence-corrected chi connectivity index (χ1v) is 10.9. The molecule has 2 saturated heterocycles. The standard InChI is InChI=1S/C19H28INO10/c20-9-3-1-2-8(4-9)7-28-18-12(21)14(25)17(11(6-23)30-18)31-19-16(27)15(26)13(24)10(5-22)29-19/h1-4,10-19,22-27H,5-7,21H2/t10-,11-,12-,13-,14-,15+,16-,17-,18-,19-/m1/s1. The van der Waals surface area contributed by atoms with E-state index in [-0.39, 0.29) is 6.61 Å². The number of aliphatic hydroxyl groups is 6. The predicted octanol–water partition coefficient (Wildman–Crippen LogP) is -2.60. The lowest BCUT2D eigenvalue weighted by molar-refractivity contribution is -0.347. The van der Waals surface area contributed by atoms with E-state index in [0.717, 1.165) is 9.13 Å². The summed E-state index contributed by atoms with van der Waals surface area (Å²) in [6.07, 6.45) is -12.3. The van der Waals surface area contributed by atoms with Crippen molar-refractivity contribution in [2.45, 2.75) is 68.0 Å². The molecule has 31 heavy (non-hydrogen) atoms. The monoisotopic (exact) mass is 557 g/mol. The van der Waals surface area contributed by atoms with Gasteiger partial charge in [0, 0.05) is 3.57 Å². The lowest BCUT2D eigenvalue weighted by atomic mass is 9.96. The Kier molecular flexibility index (Phi) is 8.99. The SMILES string of the molecule is N[C@H]1[C@H](OCc2cccc(I)c2)O[C@H](CO)[C@@H](O[C@H]2O[C@H](CO)[C@@H](O)[C@H](O)[C@H]2O)[C@@H]1O. The Labute approximate surface area is 192 Å². The number of aliphatic hydroxyl groups excluding tert-OH is 6. The van der Waals surface area contributed by atoms with Crippen molar-refractivity contribution >= 4 is 22.6 Å². The van der Waals surface area contributed by atoms with Gasteiger partial charge in [-0.3, -0.25) is 0 Å². The second-order valence-corrected chi connectivity index (χ2v) is 8.78. The molecule has 2 fully saturated rings. The lowest BCUT2D eigenvalue weighted by Crippen LogP contribution is -2.66. The largest absolute Gasteiger partial charge is 0.394 e. The van der Waals surface area contributed by atoms with Crippen LogP contribution >= 0.6 is 22.6 Å². The average molecular weight is 557 g/mol. The smallest absolute Gasteiger partial charge is 0.187 e. The molecule has 0 aromatic heterocycles. The summed E-state index contributed by atoms with van der Waals surface area (Å²) in [7, 11) is 0. The molecule has 1 aromatic rings. The van der Waals surface area contributed by atoms with Gasteiger partial charge in [0.15, 0.2) is 12.6 Å². The van der Waals surface area contributed by atoms with Gasteiger partial charge in [0.1, 0.15) is 42.7 Å². The van der Waals surface area contributed by atoms with Crippen LogP contribution in [0.3, 0.4) is 0 Å². The van der Waals surface area contributed by atoms with E-state index in [2.05, 4.69) is 22.6 Å². The van der Waals surface area contributed by atoms with Gasteiger partial charge in [-0.25, -0.2) is 0 Å². The second-order valence-electron chi connectivity index (χ2n) is 7.53. The van der Waals surface area contributed by atoms with Crippen LogP contribution in [-0.2, 0) is 25.6 Å². The Morgan fingerprint density at radius 2 is 1.58 bits per heavy atom. The van der Waals surface area contributed by atoms with Gasteiger partial charge in [-0.05, 0) is 40.3 Å². The Morgan fingerprint density at radius 1 is 0.903 bits per heavy atom. The van der Waals surface area contributed by atoms with Crippen molar-refractivity contribution in [3.8, 4) is 0 Å². The van der Waals surface area contributed by atoms with E-state index in [1.54, 1.807) is 0 Å². The van der Waals surface area contributed by atoms with Crippen molar-refractivity contribution < 1.29 is 49.6 Å². The van der Waals surface area contributed by atoms with E-state index in [0.29, 0.717) is 0 Å². The van der Waals surface area contributed by atoms with Gasteiger partial charge in [-0.2, -0.15) is 0 Å². The number of nitrogens with two attached hydrogens (primary N) is 1. The molecule has 11 nitrogen and oxygen atoms in total. The van der Waals surface area contributed by atoms with Crippen molar-refractivity contribution in [3.05, 3.63) is 33.4 Å². The molecular weight excluding hydrogens is 529 g/mol. The molecule has 0 radical (unpaired) electrons. The molecule has 0 aliphatic carbocycles. The second kappa shape index (κ2) is 11.1. The number of ether oxygens (including phenoxy) is 4. The Hall–Kier alpha value is -0.490. The zero-order valence-corrected chi connectivity index (χ0v) is 18.6. The van der Waals surface area contributed by atoms with Crippen LogP contribution in [-0.4, -0.2) is 105 Å². The fraction of sp³-hybridized carbons (Fsp3) is 0.684. The van der Waals surface area contributed by atoms with E-state index in [1.165, 1.54) is 0 Å². The van der Waals surface area contributed by atoms with Gasteiger partial charge in [0.05, 0.1) is 25.9 Å². The molecule has 2 aliphatic heterocycles. The van der Waals surface area contributed by atoms with E-state index in [9.17, 15) is 30.6 Å². The maximum atomic E-state index is 10.7. The maximum absolute atomic E-state index is 10.7. The molecule has 8 N–H and O–H groups in total. The van der Waals surface area contributed by atoms with Crippen LogP contribution in [0.2, 0.25) is 0 Å². The first kappa shape index (κ1) is 25.1. The molecule has 0 bridgehead atoms. The number of halogens is 1. The summed E-state index contributed by atoms with van der Waals surface area (Å²) in [5, 5.41) is 59.7. The number of rotatable bonds is 7. The molecule has 0 saturated carbocycles. The van der Waals surface area contributed by atoms with E-state index < -0.39 is 74.6 Å². The molecular formula is C19H28INO10. The Bertz CT molecular complexity index is 710. The molecule has 12 heteroatoms. The third-order valence-corrected chi connectivity index (χ3v) is 6.01. The molecule has 0 spiro atoms. The van der Waals surface area contributed by atoms with Crippen LogP contribution in [0, 0.1) is 3.57 Å². The van der Waals surface area contributed by atoms with Crippen molar-refractivity contribution in [1.82, 2.24) is 0 Å². The maximum Gasteiger partial charge on any atom is 0.187 e. The molecule has 0 amide bonds. The van der Waals surface area contributed by atoms with Crippen LogP contribution in [0.25, 0.3) is 0 Å². The molecule has 2 aliphatic rings. The summed E-state index contributed by atoms with van der Waals surface area (Å²) < 4.78 is 23.3. The highest BCUT2D eigenvalue weighted by Gasteiger charge is 2.50. The lowest BCUT2D eigenvalue weighted by Gasteiger charge is -2.46. The summed E-state index contributed by atoms with van der Waals surface area (Å²) in [6, 6.07) is 6.53. The third kappa shape index (κ3) is 5.72. The molecule has 10 atom stereocenters. The van der Waals surface area contributed by atoms with Crippen LogP contribution in [0.5, 0.6) is 0 Å². The summed E-state index contributed by atoms with van der Waals surface area (Å²) >= 11 is 2.17. The molecule has 2 heterocycles. The van der Waals surface area contributed by atoms with Gasteiger partial charge in [0.2, 0.25) is 0 Å². The zero-order chi connectivity index (χ0) is 22.7. The minimum atomic E-state index is -1.67. The molecule has 3 rings (SSSR count). The highest BCUT2D eigenvalue weighted by Crippen LogP contribution is 2.29. The van der Waals surface area contributed by atoms with Crippen LogP contribution in [0.15, 0.2) is 24.3 Å². The minimum Gasteiger partial charge on any atom is -0.394 e. The fourth-order valence-electron chi connectivity index (χ4n) is 3.55. The summed E-state index contributed by atoms with van der Waals surface area (Å²) in [4.78, 5) is 0. The van der Waals surface area contributed by atoms with Crippen LogP contribution in [0.1, 0.15) is 5.56 Å². The van der Waals surface area contributed by atoms with Gasteiger partial charge in [-0.1, -0.05) is 12.1 Å². The van der Waals surface area contributed by atoms with Gasteiger partial charge >= 0.3 is 0 Å². The molecule has 0 unspecified atom stereocenters. The van der Waals surface area contributed by atoms with E-state index >= 15 is 0 Å². The van der Waals surface area contributed by atoms with Gasteiger partial charge in [-0.15, -0.1) is 0 Å². The topological polar surface area (TPSA) is 184 Å². The molecule has 1 aromatic carbocycles. The highest BCUT2D eigenvalue weighted by atomic mass is 127. The van der Waals surface area contributed by atoms with Crippen molar-refractivity contribution in [2.24, 2.45) is 5.73 Å². The third-order valence-electron chi connectivity index (χ3n) is 5.34. The van der Waals surface area contributed by atoms with E-state index in [1.807, 2.05) is 24.3 Å². The van der Waals surface area contributed by atoms with Crippen molar-refractivity contribution in [1.29, 1.82) is 0 Å². The van der Waals surface area contributed by atoms with Gasteiger partial charge < -0.3 is 55.3 Å². The quantitative estimate of drug-likeness (QED) is 0.175. The highest BCUT2D eigenvalue weighted by molar-refractivity contribution is 14.1. The predicted molar refractivity (Wildman–Crippen MR) is 112 cm³/mol. The normalized spacial score (nSPS) is 41.3. The summed E-state index contributed by atoms with van der Waals surface area (Å²) in [6.45, 7) is -1.03. The zero-order valence-electron chi connectivity index (χ0n) is 16.5. The average Bonchev–Trinajstić information content (AvgIpc) is 2.76. The molecule has 176 valence electrons. The first-order valence-electron chi connectivity index (χ1n) is 9.78. The Morgan fingerprint density at radius 3 is 2.23 bits per heavy atom. The Balaban J connectivity index is 1.66. The number of hydrogen-bond acceptors (Lipinski definition) is 11. The van der Waals surface area contributed by atoms with E-state index in [4.69, 9.17) is 24.7 Å². The van der Waals surface area contributed by atoms with Crippen molar-refractivity contribution in [2.75, 3.05) is 13.2 Å². The number of benzene rings is 1. The fourth-order valence-corrected chi connectivity index (χ4v) is 4.15. The van der Waals surface area contributed by atoms with Crippen molar-refractivity contribution in [3.63, 3.8) is 0 Å².